The molecule has 0 saturated carbocycles. The van der Waals surface area contributed by atoms with Crippen LogP contribution in [-0.2, 0) is 6.42 Å². The fourth-order valence-corrected chi connectivity index (χ4v) is 1.98. The van der Waals surface area contributed by atoms with Gasteiger partial charge in [0.2, 0.25) is 0 Å². The molecular weight excluding hydrogens is 208 g/mol. The Morgan fingerprint density at radius 2 is 1.76 bits per heavy atom. The van der Waals surface area contributed by atoms with Crippen LogP contribution >= 0.6 is 0 Å². The Kier molecular flexibility index (Phi) is 5.20. The first-order valence-electron chi connectivity index (χ1n) is 6.51. The molecule has 0 aliphatic rings. The predicted molar refractivity (Wildman–Crippen MR) is 74.2 cm³/mol. The van der Waals surface area contributed by atoms with Gasteiger partial charge in [0.25, 0.3) is 0 Å². The van der Waals surface area contributed by atoms with Crippen molar-refractivity contribution >= 4 is 0 Å². The average Bonchev–Trinajstić information content (AvgIpc) is 2.26. The second kappa shape index (κ2) is 6.20. The van der Waals surface area contributed by atoms with Gasteiger partial charge in [-0.05, 0) is 34.9 Å². The Balaban J connectivity index is 3.09. The molecule has 17 heavy (non-hydrogen) atoms. The third-order valence-electron chi connectivity index (χ3n) is 3.06. The second-order valence-corrected chi connectivity index (χ2v) is 5.65. The van der Waals surface area contributed by atoms with E-state index in [1.54, 1.807) is 0 Å². The van der Waals surface area contributed by atoms with E-state index in [0.29, 0.717) is 11.8 Å². The van der Waals surface area contributed by atoms with E-state index in [1.807, 2.05) is 6.92 Å². The van der Waals surface area contributed by atoms with E-state index in [1.165, 1.54) is 16.7 Å². The number of hydrogen-bond donors (Lipinski definition) is 1. The zero-order valence-electron chi connectivity index (χ0n) is 11.7. The number of aliphatic hydroxyl groups is 1. The molecule has 0 saturated heterocycles. The minimum Gasteiger partial charge on any atom is -0.395 e. The Bertz CT molecular complexity index is 353. The molecule has 1 rings (SSSR count). The monoisotopic (exact) mass is 233 g/mol. The van der Waals surface area contributed by atoms with Crippen molar-refractivity contribution in [2.75, 3.05) is 6.61 Å². The summed E-state index contributed by atoms with van der Waals surface area (Å²) in [6, 6.07) is 6.73. The lowest BCUT2D eigenvalue weighted by Gasteiger charge is -2.16. The highest BCUT2D eigenvalue weighted by molar-refractivity contribution is 5.39. The van der Waals surface area contributed by atoms with Crippen LogP contribution in [0, 0.1) is 11.8 Å². The first-order chi connectivity index (χ1) is 7.93. The van der Waals surface area contributed by atoms with Crippen molar-refractivity contribution in [3.05, 3.63) is 40.8 Å². The van der Waals surface area contributed by atoms with Crippen LogP contribution in [0.5, 0.6) is 0 Å². The van der Waals surface area contributed by atoms with Crippen LogP contribution in [0.25, 0.3) is 0 Å². The molecule has 0 aliphatic carbocycles. The van der Waals surface area contributed by atoms with Gasteiger partial charge in [-0.2, -0.15) is 0 Å². The molecule has 1 aromatic rings. The highest BCUT2D eigenvalue weighted by atomic mass is 16.3. The van der Waals surface area contributed by atoms with Crippen LogP contribution in [0.4, 0.5) is 0 Å². The standard InChI is InChI=1S/C16H25O/c1-11(2)6-14-7-15(12(3)4)9-16(8-14)13(5)10-17/h7-9,11-12,17H,6,10H2,1-5H3. The van der Waals surface area contributed by atoms with Crippen molar-refractivity contribution in [2.45, 2.75) is 47.0 Å². The summed E-state index contributed by atoms with van der Waals surface area (Å²) in [6.07, 6.45) is 1.10. The molecule has 0 amide bonds. The van der Waals surface area contributed by atoms with Gasteiger partial charge in [0.1, 0.15) is 0 Å². The number of benzene rings is 1. The molecule has 1 nitrogen and oxygen atoms in total. The molecule has 0 aliphatic heterocycles. The molecule has 0 unspecified atom stereocenters. The van der Waals surface area contributed by atoms with E-state index < -0.39 is 0 Å². The van der Waals surface area contributed by atoms with E-state index >= 15 is 0 Å². The quantitative estimate of drug-likeness (QED) is 0.816. The van der Waals surface area contributed by atoms with E-state index in [-0.39, 0.29) is 6.61 Å². The first-order valence-corrected chi connectivity index (χ1v) is 6.51. The van der Waals surface area contributed by atoms with Crippen LogP contribution in [0.1, 0.15) is 57.2 Å². The molecule has 0 heterocycles. The SMILES string of the molecule is C[C](CO)c1cc(CC(C)C)cc(C(C)C)c1. The van der Waals surface area contributed by atoms with Gasteiger partial charge in [0, 0.05) is 5.92 Å². The van der Waals surface area contributed by atoms with E-state index in [4.69, 9.17) is 0 Å². The molecule has 95 valence electrons. The van der Waals surface area contributed by atoms with Crippen molar-refractivity contribution in [1.82, 2.24) is 0 Å². The van der Waals surface area contributed by atoms with E-state index in [2.05, 4.69) is 45.9 Å². The second-order valence-electron chi connectivity index (χ2n) is 5.65. The smallest absolute Gasteiger partial charge is 0.0534 e. The highest BCUT2D eigenvalue weighted by Gasteiger charge is 2.10. The zero-order valence-corrected chi connectivity index (χ0v) is 11.7. The van der Waals surface area contributed by atoms with Gasteiger partial charge < -0.3 is 5.11 Å². The van der Waals surface area contributed by atoms with Gasteiger partial charge in [-0.15, -0.1) is 0 Å². The van der Waals surface area contributed by atoms with Gasteiger partial charge >= 0.3 is 0 Å². The van der Waals surface area contributed by atoms with Crippen LogP contribution in [0.15, 0.2) is 18.2 Å². The van der Waals surface area contributed by atoms with Crippen LogP contribution in [-0.4, -0.2) is 11.7 Å². The molecule has 0 bridgehead atoms. The molecule has 1 N–H and O–H groups in total. The highest BCUT2D eigenvalue weighted by Crippen LogP contribution is 2.24. The maximum Gasteiger partial charge on any atom is 0.0534 e. The van der Waals surface area contributed by atoms with Gasteiger partial charge in [-0.3, -0.25) is 0 Å². The summed E-state index contributed by atoms with van der Waals surface area (Å²) in [5.74, 6) is 2.25. The van der Waals surface area contributed by atoms with Crippen LogP contribution in [0.3, 0.4) is 0 Å². The molecule has 0 spiro atoms. The lowest BCUT2D eigenvalue weighted by atomic mass is 9.90. The van der Waals surface area contributed by atoms with Gasteiger partial charge in [0.05, 0.1) is 6.61 Å². The van der Waals surface area contributed by atoms with Crippen LogP contribution in [0.2, 0.25) is 0 Å². The molecule has 1 heteroatoms. The van der Waals surface area contributed by atoms with Gasteiger partial charge in [0.15, 0.2) is 0 Å². The molecule has 0 fully saturated rings. The first kappa shape index (κ1) is 14.2. The summed E-state index contributed by atoms with van der Waals surface area (Å²) >= 11 is 0. The third-order valence-corrected chi connectivity index (χ3v) is 3.06. The van der Waals surface area contributed by atoms with Crippen molar-refractivity contribution in [3.63, 3.8) is 0 Å². The lowest BCUT2D eigenvalue weighted by Crippen LogP contribution is -2.04. The minimum absolute atomic E-state index is 0.142. The maximum atomic E-state index is 9.25. The Morgan fingerprint density at radius 1 is 1.12 bits per heavy atom. The maximum absolute atomic E-state index is 9.25. The summed E-state index contributed by atoms with van der Waals surface area (Å²) in [4.78, 5) is 0. The molecule has 1 radical (unpaired) electrons. The van der Waals surface area contributed by atoms with Crippen LogP contribution < -0.4 is 0 Å². The van der Waals surface area contributed by atoms with E-state index in [0.717, 1.165) is 12.3 Å². The number of rotatable bonds is 5. The minimum atomic E-state index is 0.142. The van der Waals surface area contributed by atoms with E-state index in [9.17, 15) is 5.11 Å². The van der Waals surface area contributed by atoms with Crippen molar-refractivity contribution in [2.24, 2.45) is 5.92 Å². The largest absolute Gasteiger partial charge is 0.395 e. The summed E-state index contributed by atoms with van der Waals surface area (Å²) in [6.45, 7) is 11.1. The third kappa shape index (κ3) is 4.16. The van der Waals surface area contributed by atoms with Crippen molar-refractivity contribution in [3.8, 4) is 0 Å². The molecule has 0 aromatic heterocycles. The molecule has 1 aromatic carbocycles. The predicted octanol–water partition coefficient (Wildman–Crippen LogP) is 3.94. The number of aliphatic hydroxyl groups excluding tert-OH is 1. The Morgan fingerprint density at radius 3 is 2.24 bits per heavy atom. The summed E-state index contributed by atoms with van der Waals surface area (Å²) in [5.41, 5.74) is 3.94. The lowest BCUT2D eigenvalue weighted by molar-refractivity contribution is 0.315. The Labute approximate surface area is 106 Å². The van der Waals surface area contributed by atoms with Gasteiger partial charge in [-0.1, -0.05) is 52.8 Å². The van der Waals surface area contributed by atoms with Crippen molar-refractivity contribution < 1.29 is 5.11 Å². The summed E-state index contributed by atoms with van der Waals surface area (Å²) in [7, 11) is 0. The number of hydrogen-bond acceptors (Lipinski definition) is 1. The topological polar surface area (TPSA) is 20.2 Å². The molecule has 0 atom stereocenters. The fourth-order valence-electron chi connectivity index (χ4n) is 1.98. The van der Waals surface area contributed by atoms with Gasteiger partial charge in [-0.25, -0.2) is 0 Å². The normalized spacial score (nSPS) is 11.8. The molecular formula is C16H25O. The van der Waals surface area contributed by atoms with Crippen molar-refractivity contribution in [1.29, 1.82) is 0 Å². The average molecular weight is 233 g/mol. The Hall–Kier alpha value is -0.820. The fraction of sp³-hybridized carbons (Fsp3) is 0.562. The zero-order chi connectivity index (χ0) is 13.0. The summed E-state index contributed by atoms with van der Waals surface area (Å²) in [5, 5.41) is 9.25. The summed E-state index contributed by atoms with van der Waals surface area (Å²) < 4.78 is 0.